The molecule has 3 rings (SSSR count). The largest absolute Gasteiger partial charge is 0.497 e. The highest BCUT2D eigenvalue weighted by molar-refractivity contribution is 5.81. The van der Waals surface area contributed by atoms with Crippen molar-refractivity contribution in [2.75, 3.05) is 38.2 Å². The second kappa shape index (κ2) is 5.31. The maximum absolute atomic E-state index is 13.9. The van der Waals surface area contributed by atoms with E-state index < -0.39 is 0 Å². The Kier molecular flexibility index (Phi) is 3.51. The molecule has 0 atom stereocenters. The molecule has 0 spiro atoms. The van der Waals surface area contributed by atoms with Crippen LogP contribution in [0, 0.1) is 11.7 Å². The number of nitrogens with zero attached hydrogens (tertiary/aromatic N) is 2. The monoisotopic (exact) mass is 278 g/mol. The van der Waals surface area contributed by atoms with Crippen molar-refractivity contribution >= 4 is 11.6 Å². The summed E-state index contributed by atoms with van der Waals surface area (Å²) in [5.41, 5.74) is 0.558. The zero-order valence-corrected chi connectivity index (χ0v) is 11.6. The number of ether oxygens (including phenoxy) is 1. The Morgan fingerprint density at radius 3 is 2.55 bits per heavy atom. The van der Waals surface area contributed by atoms with Crippen molar-refractivity contribution in [2.24, 2.45) is 5.92 Å². The third-order valence-electron chi connectivity index (χ3n) is 4.01. The molecule has 20 heavy (non-hydrogen) atoms. The molecule has 5 heteroatoms. The summed E-state index contributed by atoms with van der Waals surface area (Å²) in [5.74, 6) is 0.941. The van der Waals surface area contributed by atoms with Crippen LogP contribution >= 0.6 is 0 Å². The van der Waals surface area contributed by atoms with Gasteiger partial charge in [0.05, 0.1) is 12.8 Å². The number of hydrogen-bond acceptors (Lipinski definition) is 3. The van der Waals surface area contributed by atoms with Gasteiger partial charge < -0.3 is 14.5 Å². The predicted molar refractivity (Wildman–Crippen MR) is 74.5 cm³/mol. The van der Waals surface area contributed by atoms with Gasteiger partial charge in [-0.2, -0.15) is 0 Å². The number of amides is 1. The van der Waals surface area contributed by atoms with Crippen LogP contribution in [0.5, 0.6) is 5.75 Å². The van der Waals surface area contributed by atoms with Gasteiger partial charge in [-0.1, -0.05) is 0 Å². The van der Waals surface area contributed by atoms with Gasteiger partial charge in [0, 0.05) is 38.2 Å². The highest BCUT2D eigenvalue weighted by Gasteiger charge is 2.34. The van der Waals surface area contributed by atoms with Crippen LogP contribution in [-0.2, 0) is 4.79 Å². The maximum Gasteiger partial charge on any atom is 0.225 e. The Labute approximate surface area is 118 Å². The lowest BCUT2D eigenvalue weighted by atomic mass is 10.2. The zero-order chi connectivity index (χ0) is 14.1. The van der Waals surface area contributed by atoms with E-state index in [-0.39, 0.29) is 17.6 Å². The summed E-state index contributed by atoms with van der Waals surface area (Å²) in [6.45, 7) is 2.68. The van der Waals surface area contributed by atoms with Crippen LogP contribution in [0.25, 0.3) is 0 Å². The molecular formula is C15H19FN2O2. The fourth-order valence-corrected chi connectivity index (χ4v) is 2.62. The number of benzene rings is 1. The first-order valence-corrected chi connectivity index (χ1v) is 7.06. The molecule has 1 heterocycles. The van der Waals surface area contributed by atoms with Gasteiger partial charge >= 0.3 is 0 Å². The molecule has 1 amide bonds. The number of carbonyl (C=O) groups is 1. The lowest BCUT2D eigenvalue weighted by molar-refractivity contribution is -0.132. The first kappa shape index (κ1) is 13.2. The fraction of sp³-hybridized carbons (Fsp3) is 0.533. The van der Waals surface area contributed by atoms with Crippen LogP contribution in [0.1, 0.15) is 12.8 Å². The van der Waals surface area contributed by atoms with Crippen LogP contribution in [0.4, 0.5) is 10.1 Å². The fourth-order valence-electron chi connectivity index (χ4n) is 2.62. The number of rotatable bonds is 3. The van der Waals surface area contributed by atoms with E-state index in [2.05, 4.69) is 0 Å². The third kappa shape index (κ3) is 2.57. The highest BCUT2D eigenvalue weighted by Crippen LogP contribution is 2.32. The van der Waals surface area contributed by atoms with Gasteiger partial charge in [0.25, 0.3) is 0 Å². The van der Waals surface area contributed by atoms with E-state index in [1.54, 1.807) is 19.2 Å². The molecule has 1 saturated heterocycles. The normalized spacial score (nSPS) is 19.1. The molecule has 0 bridgehead atoms. The molecule has 1 saturated carbocycles. The number of halogens is 1. The van der Waals surface area contributed by atoms with Crippen molar-refractivity contribution in [3.63, 3.8) is 0 Å². The number of hydrogen-bond donors (Lipinski definition) is 0. The van der Waals surface area contributed by atoms with Crippen LogP contribution < -0.4 is 9.64 Å². The topological polar surface area (TPSA) is 32.8 Å². The first-order valence-electron chi connectivity index (χ1n) is 7.06. The summed E-state index contributed by atoms with van der Waals surface area (Å²) in [6, 6.07) is 4.76. The van der Waals surface area contributed by atoms with Crippen LogP contribution in [0.3, 0.4) is 0 Å². The number of methoxy groups -OCH3 is 1. The Balaban J connectivity index is 1.66. The molecule has 4 nitrogen and oxygen atoms in total. The smallest absolute Gasteiger partial charge is 0.225 e. The van der Waals surface area contributed by atoms with E-state index >= 15 is 0 Å². The summed E-state index contributed by atoms with van der Waals surface area (Å²) >= 11 is 0. The molecule has 1 aliphatic heterocycles. The van der Waals surface area contributed by atoms with Crippen molar-refractivity contribution in [2.45, 2.75) is 12.8 Å². The molecule has 1 aromatic carbocycles. The van der Waals surface area contributed by atoms with Gasteiger partial charge in [-0.05, 0) is 25.0 Å². The molecule has 0 aromatic heterocycles. The predicted octanol–water partition coefficient (Wildman–Crippen LogP) is 1.89. The quantitative estimate of drug-likeness (QED) is 0.846. The minimum atomic E-state index is -0.243. The van der Waals surface area contributed by atoms with Crippen LogP contribution in [-0.4, -0.2) is 44.1 Å². The molecule has 0 N–H and O–H groups in total. The number of anilines is 1. The van der Waals surface area contributed by atoms with E-state index in [1.807, 2.05) is 9.80 Å². The van der Waals surface area contributed by atoms with Gasteiger partial charge in [0.15, 0.2) is 0 Å². The van der Waals surface area contributed by atoms with Gasteiger partial charge in [-0.25, -0.2) is 4.39 Å². The first-order chi connectivity index (χ1) is 9.69. The van der Waals surface area contributed by atoms with E-state index in [0.29, 0.717) is 37.6 Å². The Morgan fingerprint density at radius 1 is 1.25 bits per heavy atom. The average molecular weight is 278 g/mol. The van der Waals surface area contributed by atoms with Gasteiger partial charge in [0.2, 0.25) is 5.91 Å². The van der Waals surface area contributed by atoms with Gasteiger partial charge in [0.1, 0.15) is 11.6 Å². The second-order valence-corrected chi connectivity index (χ2v) is 5.40. The molecular weight excluding hydrogens is 259 g/mol. The molecule has 2 fully saturated rings. The minimum absolute atomic E-state index is 0.243. The van der Waals surface area contributed by atoms with Crippen molar-refractivity contribution in [1.82, 2.24) is 4.90 Å². The summed E-state index contributed by atoms with van der Waals surface area (Å²) in [7, 11) is 1.57. The van der Waals surface area contributed by atoms with Gasteiger partial charge in [-0.15, -0.1) is 0 Å². The molecule has 1 aliphatic carbocycles. The number of piperazine rings is 1. The van der Waals surface area contributed by atoms with Crippen LogP contribution in [0.2, 0.25) is 0 Å². The standard InChI is InChI=1S/C15H19FN2O2/c1-20-12-4-5-13(16)14(10-12)17-6-8-18(9-7-17)15(19)11-2-3-11/h4-5,10-11H,2-3,6-9H2,1H3. The Bertz CT molecular complexity index is 509. The summed E-state index contributed by atoms with van der Waals surface area (Å²) in [4.78, 5) is 15.9. The Hall–Kier alpha value is -1.78. The lowest BCUT2D eigenvalue weighted by Gasteiger charge is -2.36. The average Bonchev–Trinajstić information content (AvgIpc) is 3.32. The zero-order valence-electron chi connectivity index (χ0n) is 11.6. The molecule has 108 valence electrons. The molecule has 0 radical (unpaired) electrons. The Morgan fingerprint density at radius 2 is 1.95 bits per heavy atom. The van der Waals surface area contributed by atoms with Crippen LogP contribution in [0.15, 0.2) is 18.2 Å². The van der Waals surface area contributed by atoms with Crippen molar-refractivity contribution in [3.8, 4) is 5.75 Å². The van der Waals surface area contributed by atoms with Crippen molar-refractivity contribution < 1.29 is 13.9 Å². The van der Waals surface area contributed by atoms with E-state index in [0.717, 1.165) is 12.8 Å². The van der Waals surface area contributed by atoms with E-state index in [1.165, 1.54) is 6.07 Å². The summed E-state index contributed by atoms with van der Waals surface area (Å²) in [6.07, 6.45) is 2.06. The van der Waals surface area contributed by atoms with Crippen molar-refractivity contribution in [1.29, 1.82) is 0 Å². The summed E-state index contributed by atoms with van der Waals surface area (Å²) < 4.78 is 19.0. The highest BCUT2D eigenvalue weighted by atomic mass is 19.1. The molecule has 1 aromatic rings. The minimum Gasteiger partial charge on any atom is -0.497 e. The maximum atomic E-state index is 13.9. The molecule has 2 aliphatic rings. The van der Waals surface area contributed by atoms with Crippen molar-refractivity contribution in [3.05, 3.63) is 24.0 Å². The third-order valence-corrected chi connectivity index (χ3v) is 4.01. The molecule has 0 unspecified atom stereocenters. The van der Waals surface area contributed by atoms with Gasteiger partial charge in [-0.3, -0.25) is 4.79 Å². The van der Waals surface area contributed by atoms with E-state index in [9.17, 15) is 9.18 Å². The second-order valence-electron chi connectivity index (χ2n) is 5.40. The lowest BCUT2D eigenvalue weighted by Crippen LogP contribution is -2.49. The van der Waals surface area contributed by atoms with E-state index in [4.69, 9.17) is 4.74 Å². The number of carbonyl (C=O) groups excluding carboxylic acids is 1. The summed E-state index contributed by atoms with van der Waals surface area (Å²) in [5, 5.41) is 0. The SMILES string of the molecule is COc1ccc(F)c(N2CCN(C(=O)C3CC3)CC2)c1.